The predicted molar refractivity (Wildman–Crippen MR) is 144 cm³/mol. The molecule has 4 rings (SSSR count). The van der Waals surface area contributed by atoms with Crippen LogP contribution in [-0.2, 0) is 13.0 Å². The lowest BCUT2D eigenvalue weighted by Crippen LogP contribution is -2.49. The van der Waals surface area contributed by atoms with Crippen LogP contribution in [0, 0.1) is 0 Å². The molecule has 2 heterocycles. The third kappa shape index (κ3) is 5.13. The van der Waals surface area contributed by atoms with Gasteiger partial charge in [0.05, 0.1) is 23.9 Å². The number of carbonyl (C=O) groups excluding carboxylic acids is 1. The van der Waals surface area contributed by atoms with E-state index in [0.717, 1.165) is 12.8 Å². The van der Waals surface area contributed by atoms with E-state index < -0.39 is 29.3 Å². The minimum Gasteiger partial charge on any atom is -0.508 e. The number of aliphatic hydroxyl groups excluding tert-OH is 1. The highest BCUT2D eigenvalue weighted by atomic mass is 16.5. The van der Waals surface area contributed by atoms with Crippen LogP contribution in [0.2, 0.25) is 0 Å². The second kappa shape index (κ2) is 10.5. The Bertz CT molecular complexity index is 1340. The lowest BCUT2D eigenvalue weighted by molar-refractivity contribution is -0.0597. The number of hydrogen-bond donors (Lipinski definition) is 4. The van der Waals surface area contributed by atoms with Crippen molar-refractivity contribution in [2.75, 3.05) is 4.90 Å². The molecule has 202 valence electrons. The summed E-state index contributed by atoms with van der Waals surface area (Å²) in [6.45, 7) is 8.12. The number of anilines is 1. The number of hydrogen-bond acceptors (Lipinski definition) is 6. The van der Waals surface area contributed by atoms with Gasteiger partial charge in [-0.3, -0.25) is 4.79 Å². The van der Waals surface area contributed by atoms with E-state index in [1.54, 1.807) is 0 Å². The third-order valence-electron chi connectivity index (χ3n) is 7.45. The van der Waals surface area contributed by atoms with E-state index in [0.29, 0.717) is 29.7 Å². The number of carboxylic acid groups (broad SMARTS) is 1. The van der Waals surface area contributed by atoms with Crippen molar-refractivity contribution in [1.82, 2.24) is 0 Å². The zero-order valence-electron chi connectivity index (χ0n) is 22.2. The number of phenolic OH excluding ortho intramolecular Hbond substituents is 1. The number of amides is 1. The number of phenols is 2. The van der Waals surface area contributed by atoms with E-state index in [1.807, 2.05) is 6.92 Å². The molecule has 0 saturated heterocycles. The normalized spacial score (nSPS) is 20.6. The quantitative estimate of drug-likeness (QED) is 0.339. The predicted octanol–water partition coefficient (Wildman–Crippen LogP) is 5.48. The molecule has 8 heteroatoms. The molecule has 0 fully saturated rings. The standard InChI is InChI=1S/C30H35NO7/c1-17(2)8-5-9-18(3)10-7-13-30(4)25(33)15-21-24(32)14-20-22(27(21)38-30)16-31(28(20)35)23-12-6-11-19(26(23)34)29(36)37/h6,8,10-12,14,25,32-34H,5,7,9,13,15-16H2,1-4H3,(H,36,37). The number of rotatable bonds is 8. The summed E-state index contributed by atoms with van der Waals surface area (Å²) in [4.78, 5) is 26.1. The van der Waals surface area contributed by atoms with Gasteiger partial charge in [0.15, 0.2) is 5.75 Å². The number of nitrogens with zero attached hydrogens (tertiary/aromatic N) is 1. The van der Waals surface area contributed by atoms with Crippen LogP contribution in [0.4, 0.5) is 5.69 Å². The Labute approximate surface area is 222 Å². The summed E-state index contributed by atoms with van der Waals surface area (Å²) >= 11 is 0. The van der Waals surface area contributed by atoms with Crippen LogP contribution in [-0.4, -0.2) is 44.0 Å². The molecular weight excluding hydrogens is 486 g/mol. The van der Waals surface area contributed by atoms with E-state index in [-0.39, 0.29) is 35.5 Å². The first-order valence-electron chi connectivity index (χ1n) is 12.8. The van der Waals surface area contributed by atoms with Crippen molar-refractivity contribution in [2.24, 2.45) is 0 Å². The van der Waals surface area contributed by atoms with Crippen LogP contribution >= 0.6 is 0 Å². The summed E-state index contributed by atoms with van der Waals surface area (Å²) in [6.07, 6.45) is 6.86. The maximum Gasteiger partial charge on any atom is 0.339 e. The Morgan fingerprint density at radius 2 is 1.89 bits per heavy atom. The van der Waals surface area contributed by atoms with Gasteiger partial charge in [0.25, 0.3) is 5.91 Å². The van der Waals surface area contributed by atoms with Crippen LogP contribution in [0.15, 0.2) is 47.6 Å². The highest BCUT2D eigenvalue weighted by Gasteiger charge is 2.44. The molecule has 2 aromatic carbocycles. The first kappa shape index (κ1) is 27.3. The highest BCUT2D eigenvalue weighted by Crippen LogP contribution is 2.48. The molecule has 2 aliphatic rings. The number of fused-ring (bicyclic) bond motifs is 3. The van der Waals surface area contributed by atoms with Gasteiger partial charge in [-0.15, -0.1) is 0 Å². The second-order valence-electron chi connectivity index (χ2n) is 10.6. The molecule has 0 radical (unpaired) electrons. The summed E-state index contributed by atoms with van der Waals surface area (Å²) < 4.78 is 6.39. The van der Waals surface area contributed by atoms with Crippen LogP contribution in [0.5, 0.6) is 17.2 Å². The lowest BCUT2D eigenvalue weighted by Gasteiger charge is -2.40. The molecule has 0 aliphatic carbocycles. The molecule has 0 saturated carbocycles. The van der Waals surface area contributed by atoms with Crippen LogP contribution in [0.1, 0.15) is 85.2 Å². The number of para-hydroxylation sites is 1. The monoisotopic (exact) mass is 521 g/mol. The maximum atomic E-state index is 13.3. The summed E-state index contributed by atoms with van der Waals surface area (Å²) in [7, 11) is 0. The molecule has 38 heavy (non-hydrogen) atoms. The van der Waals surface area contributed by atoms with Gasteiger partial charge in [-0.1, -0.05) is 29.4 Å². The molecule has 8 nitrogen and oxygen atoms in total. The van der Waals surface area contributed by atoms with Crippen molar-refractivity contribution < 1.29 is 34.8 Å². The van der Waals surface area contributed by atoms with Crippen molar-refractivity contribution in [3.05, 3.63) is 69.8 Å². The number of carbonyl (C=O) groups is 2. The van der Waals surface area contributed by atoms with Crippen LogP contribution < -0.4 is 9.64 Å². The molecule has 4 N–H and O–H groups in total. The van der Waals surface area contributed by atoms with Gasteiger partial charge in [0.1, 0.15) is 22.7 Å². The SMILES string of the molecule is CC(C)=CCCC(C)=CCCC1(C)Oc2c(c(O)cc3c2CN(c2cccc(C(=O)O)c2O)C3=O)CC1O. The van der Waals surface area contributed by atoms with E-state index in [4.69, 9.17) is 4.74 Å². The number of carboxylic acids is 1. The molecule has 2 atom stereocenters. The zero-order chi connectivity index (χ0) is 27.8. The van der Waals surface area contributed by atoms with Gasteiger partial charge >= 0.3 is 5.97 Å². The van der Waals surface area contributed by atoms with Crippen molar-refractivity contribution in [2.45, 2.75) is 78.0 Å². The summed E-state index contributed by atoms with van der Waals surface area (Å²) in [5, 5.41) is 41.6. The first-order chi connectivity index (χ1) is 17.9. The second-order valence-corrected chi connectivity index (χ2v) is 10.6. The summed E-state index contributed by atoms with van der Waals surface area (Å²) in [6, 6.07) is 5.54. The summed E-state index contributed by atoms with van der Waals surface area (Å²) in [5.41, 5.74) is 2.55. The largest absolute Gasteiger partial charge is 0.508 e. The lowest BCUT2D eigenvalue weighted by atomic mass is 9.84. The van der Waals surface area contributed by atoms with Gasteiger partial charge in [0, 0.05) is 17.5 Å². The number of allylic oxidation sites excluding steroid dienone is 4. The fourth-order valence-corrected chi connectivity index (χ4v) is 5.12. The van der Waals surface area contributed by atoms with E-state index in [2.05, 4.69) is 32.9 Å². The fraction of sp³-hybridized carbons (Fsp3) is 0.400. The smallest absolute Gasteiger partial charge is 0.339 e. The average molecular weight is 522 g/mol. The minimum atomic E-state index is -1.31. The number of aromatic hydroxyl groups is 2. The van der Waals surface area contributed by atoms with Gasteiger partial charge in [0.2, 0.25) is 0 Å². The number of ether oxygens (including phenoxy) is 1. The van der Waals surface area contributed by atoms with Crippen molar-refractivity contribution >= 4 is 17.6 Å². The molecule has 2 aromatic rings. The molecule has 0 spiro atoms. The number of benzene rings is 2. The van der Waals surface area contributed by atoms with Gasteiger partial charge < -0.3 is 30.1 Å². The highest BCUT2D eigenvalue weighted by molar-refractivity contribution is 6.12. The first-order valence-corrected chi connectivity index (χ1v) is 12.8. The third-order valence-corrected chi connectivity index (χ3v) is 7.45. The Morgan fingerprint density at radius 1 is 1.16 bits per heavy atom. The topological polar surface area (TPSA) is 128 Å². The Morgan fingerprint density at radius 3 is 2.58 bits per heavy atom. The molecule has 2 aliphatic heterocycles. The fourth-order valence-electron chi connectivity index (χ4n) is 5.12. The maximum absolute atomic E-state index is 13.3. The molecule has 2 unspecified atom stereocenters. The van der Waals surface area contributed by atoms with Crippen LogP contribution in [0.3, 0.4) is 0 Å². The van der Waals surface area contributed by atoms with Gasteiger partial charge in [-0.25, -0.2) is 4.79 Å². The van der Waals surface area contributed by atoms with E-state index >= 15 is 0 Å². The van der Waals surface area contributed by atoms with Gasteiger partial charge in [-0.05, 0) is 71.6 Å². The van der Waals surface area contributed by atoms with Crippen molar-refractivity contribution in [1.29, 1.82) is 0 Å². The minimum absolute atomic E-state index is 0.0307. The zero-order valence-corrected chi connectivity index (χ0v) is 22.2. The average Bonchev–Trinajstić information content (AvgIpc) is 3.16. The molecule has 0 bridgehead atoms. The molecule has 1 amide bonds. The molecular formula is C30H35NO7. The number of aliphatic hydroxyl groups is 1. The van der Waals surface area contributed by atoms with E-state index in [9.17, 15) is 30.0 Å². The van der Waals surface area contributed by atoms with Gasteiger partial charge in [-0.2, -0.15) is 0 Å². The number of aromatic carboxylic acids is 1. The van der Waals surface area contributed by atoms with Crippen molar-refractivity contribution in [3.8, 4) is 17.2 Å². The Balaban J connectivity index is 1.60. The summed E-state index contributed by atoms with van der Waals surface area (Å²) in [5.74, 6) is -2.08. The van der Waals surface area contributed by atoms with Crippen LogP contribution in [0.25, 0.3) is 0 Å². The van der Waals surface area contributed by atoms with E-state index in [1.165, 1.54) is 40.3 Å². The van der Waals surface area contributed by atoms with Crippen molar-refractivity contribution in [3.63, 3.8) is 0 Å². The Kier molecular flexibility index (Phi) is 7.56. The Hall–Kier alpha value is -3.78. The molecule has 0 aromatic heterocycles.